The van der Waals surface area contributed by atoms with Crippen molar-refractivity contribution in [3.63, 3.8) is 0 Å². The highest BCUT2D eigenvalue weighted by atomic mass is 19.1. The maximum absolute atomic E-state index is 12.5. The van der Waals surface area contributed by atoms with Gasteiger partial charge >= 0.3 is 0 Å². The second kappa shape index (κ2) is 3.62. The molecule has 2 heteroatoms. The second-order valence-corrected chi connectivity index (χ2v) is 2.00. The highest BCUT2D eigenvalue weighted by molar-refractivity contribution is 5.35. The van der Waals surface area contributed by atoms with E-state index in [-0.39, 0.29) is 5.82 Å². The number of hydrogen-bond acceptors (Lipinski definition) is 0. The topological polar surface area (TPSA) is 14.1 Å². The molecular weight excluding hydrogens is 141 g/mol. The fourth-order valence-electron chi connectivity index (χ4n) is 0.711. The largest absolute Gasteiger partial charge is 0.272 e. The van der Waals surface area contributed by atoms with E-state index in [1.54, 1.807) is 12.1 Å². The Kier molecular flexibility index (Phi) is 2.51. The first-order chi connectivity index (χ1) is 5.33. The third-order valence-electron chi connectivity index (χ3n) is 1.16. The van der Waals surface area contributed by atoms with Crippen LogP contribution in [0, 0.1) is 18.2 Å². The van der Waals surface area contributed by atoms with Gasteiger partial charge in [0.2, 0.25) is 0 Å². The molecule has 0 aliphatic carbocycles. The van der Waals surface area contributed by atoms with E-state index in [2.05, 4.69) is 11.2 Å². The fraction of sp³-hybridized carbons (Fsp3) is 0.111. The van der Waals surface area contributed by atoms with Crippen molar-refractivity contribution >= 4 is 5.69 Å². The van der Waals surface area contributed by atoms with Crippen molar-refractivity contribution in [2.75, 3.05) is 6.54 Å². The Balaban J connectivity index is 2.65. The molecule has 1 nitrogen and oxygen atoms in total. The van der Waals surface area contributed by atoms with E-state index in [4.69, 9.17) is 6.42 Å². The molecule has 11 heavy (non-hydrogen) atoms. The van der Waals surface area contributed by atoms with Crippen LogP contribution in [0.2, 0.25) is 0 Å². The average Bonchev–Trinajstić information content (AvgIpc) is 2.01. The lowest BCUT2D eigenvalue weighted by atomic mass is 10.3. The van der Waals surface area contributed by atoms with Gasteiger partial charge in [0.1, 0.15) is 12.4 Å². The molecule has 0 spiro atoms. The van der Waals surface area contributed by atoms with Crippen molar-refractivity contribution in [2.24, 2.45) is 0 Å². The smallest absolute Gasteiger partial charge is 0.125 e. The molecule has 1 aromatic carbocycles. The summed E-state index contributed by atoms with van der Waals surface area (Å²) in [4.78, 5) is 0. The lowest BCUT2D eigenvalue weighted by Crippen LogP contribution is -1.96. The highest BCUT2D eigenvalue weighted by Gasteiger charge is 1.92. The summed E-state index contributed by atoms with van der Waals surface area (Å²) in [5.41, 5.74) is 0.586. The predicted molar refractivity (Wildman–Crippen MR) is 41.9 cm³/mol. The summed E-state index contributed by atoms with van der Waals surface area (Å²) in [5.74, 6) is 2.06. The molecule has 0 aliphatic rings. The summed E-state index contributed by atoms with van der Waals surface area (Å²) >= 11 is 0. The maximum Gasteiger partial charge on any atom is 0.125 e. The lowest BCUT2D eigenvalue weighted by Gasteiger charge is -1.96. The summed E-state index contributed by atoms with van der Waals surface area (Å²) in [6.45, 7) is 0.295. The third kappa shape index (κ3) is 2.30. The molecular formula is C9H7FN. The van der Waals surface area contributed by atoms with Crippen LogP contribution in [0.1, 0.15) is 0 Å². The Bertz CT molecular complexity index is 275. The fourth-order valence-corrected chi connectivity index (χ4v) is 0.711. The SMILES string of the molecule is C#CC[N]c1cccc(F)c1. The predicted octanol–water partition coefficient (Wildman–Crippen LogP) is 1.69. The summed E-state index contributed by atoms with van der Waals surface area (Å²) in [7, 11) is 0. The molecule has 0 saturated heterocycles. The summed E-state index contributed by atoms with van der Waals surface area (Å²) < 4.78 is 12.5. The first-order valence-corrected chi connectivity index (χ1v) is 3.19. The molecule has 0 fully saturated rings. The van der Waals surface area contributed by atoms with E-state index in [1.165, 1.54) is 12.1 Å². The van der Waals surface area contributed by atoms with Crippen LogP contribution < -0.4 is 5.32 Å². The maximum atomic E-state index is 12.5. The molecule has 0 amide bonds. The van der Waals surface area contributed by atoms with E-state index in [0.29, 0.717) is 12.2 Å². The van der Waals surface area contributed by atoms with Crippen LogP contribution in [0.15, 0.2) is 24.3 Å². The Labute approximate surface area is 65.2 Å². The zero-order valence-electron chi connectivity index (χ0n) is 5.92. The number of nitrogens with zero attached hydrogens (tertiary/aromatic N) is 1. The van der Waals surface area contributed by atoms with Gasteiger partial charge in [0.05, 0.1) is 5.69 Å². The Hall–Kier alpha value is -1.49. The van der Waals surface area contributed by atoms with E-state index in [9.17, 15) is 4.39 Å². The molecule has 1 aromatic rings. The Morgan fingerprint density at radius 3 is 3.00 bits per heavy atom. The van der Waals surface area contributed by atoms with Gasteiger partial charge in [-0.15, -0.1) is 6.42 Å². The van der Waals surface area contributed by atoms with Crippen molar-refractivity contribution in [3.05, 3.63) is 30.1 Å². The minimum atomic E-state index is -0.289. The standard InChI is InChI=1S/C9H7FN/c1-2-6-11-9-5-3-4-8(10)7-9/h1,3-5,7H,6H2. The van der Waals surface area contributed by atoms with Gasteiger partial charge in [0, 0.05) is 0 Å². The van der Waals surface area contributed by atoms with Crippen LogP contribution >= 0.6 is 0 Å². The summed E-state index contributed by atoms with van der Waals surface area (Å²) in [6.07, 6.45) is 4.98. The zero-order chi connectivity index (χ0) is 8.10. The van der Waals surface area contributed by atoms with Crippen molar-refractivity contribution < 1.29 is 4.39 Å². The molecule has 0 atom stereocenters. The molecule has 0 unspecified atom stereocenters. The number of hydrogen-bond donors (Lipinski definition) is 0. The minimum Gasteiger partial charge on any atom is -0.272 e. The van der Waals surface area contributed by atoms with E-state index in [1.807, 2.05) is 0 Å². The van der Waals surface area contributed by atoms with Crippen LogP contribution in [-0.2, 0) is 0 Å². The molecule has 0 bridgehead atoms. The van der Waals surface area contributed by atoms with Crippen molar-refractivity contribution in [3.8, 4) is 12.3 Å². The van der Waals surface area contributed by atoms with E-state index in [0.717, 1.165) is 0 Å². The van der Waals surface area contributed by atoms with Crippen LogP contribution in [0.5, 0.6) is 0 Å². The van der Waals surface area contributed by atoms with Gasteiger partial charge in [0.25, 0.3) is 0 Å². The molecule has 0 heterocycles. The van der Waals surface area contributed by atoms with Crippen molar-refractivity contribution in [1.82, 2.24) is 5.32 Å². The van der Waals surface area contributed by atoms with Gasteiger partial charge in [-0.05, 0) is 18.2 Å². The van der Waals surface area contributed by atoms with Crippen LogP contribution in [0.3, 0.4) is 0 Å². The molecule has 55 valence electrons. The van der Waals surface area contributed by atoms with Crippen molar-refractivity contribution in [1.29, 1.82) is 0 Å². The van der Waals surface area contributed by atoms with Crippen molar-refractivity contribution in [2.45, 2.75) is 0 Å². The summed E-state index contributed by atoms with van der Waals surface area (Å²) in [6, 6.07) is 6.03. The van der Waals surface area contributed by atoms with Crippen LogP contribution in [0.25, 0.3) is 0 Å². The molecule has 1 rings (SSSR count). The highest BCUT2D eigenvalue weighted by Crippen LogP contribution is 2.07. The quantitative estimate of drug-likeness (QED) is 0.567. The molecule has 0 saturated carbocycles. The Morgan fingerprint density at radius 2 is 2.36 bits per heavy atom. The monoisotopic (exact) mass is 148 g/mol. The minimum absolute atomic E-state index is 0.289. The number of halogens is 1. The number of terminal acetylenes is 1. The van der Waals surface area contributed by atoms with Gasteiger partial charge < -0.3 is 0 Å². The van der Waals surface area contributed by atoms with Crippen LogP contribution in [0.4, 0.5) is 10.1 Å². The number of benzene rings is 1. The van der Waals surface area contributed by atoms with Gasteiger partial charge in [-0.1, -0.05) is 12.0 Å². The molecule has 1 radical (unpaired) electrons. The zero-order valence-corrected chi connectivity index (χ0v) is 5.92. The lowest BCUT2D eigenvalue weighted by molar-refractivity contribution is 0.627. The number of rotatable bonds is 2. The van der Waals surface area contributed by atoms with Gasteiger partial charge in [0.15, 0.2) is 0 Å². The van der Waals surface area contributed by atoms with Gasteiger partial charge in [-0.2, -0.15) is 0 Å². The van der Waals surface area contributed by atoms with E-state index < -0.39 is 0 Å². The summed E-state index contributed by atoms with van der Waals surface area (Å²) in [5, 5.41) is 3.91. The first-order valence-electron chi connectivity index (χ1n) is 3.19. The van der Waals surface area contributed by atoms with Gasteiger partial charge in [-0.25, -0.2) is 4.39 Å². The first kappa shape index (κ1) is 7.62. The Morgan fingerprint density at radius 1 is 1.55 bits per heavy atom. The van der Waals surface area contributed by atoms with Gasteiger partial charge in [-0.3, -0.25) is 5.32 Å². The van der Waals surface area contributed by atoms with Crippen LogP contribution in [-0.4, -0.2) is 6.54 Å². The van der Waals surface area contributed by atoms with E-state index >= 15 is 0 Å². The molecule has 0 aliphatic heterocycles. The third-order valence-corrected chi connectivity index (χ3v) is 1.16. The normalized spacial score (nSPS) is 8.73. The average molecular weight is 148 g/mol. The molecule has 0 N–H and O–H groups in total. The second-order valence-electron chi connectivity index (χ2n) is 2.00. The molecule has 0 aromatic heterocycles.